The number of hydrogen-bond acceptors (Lipinski definition) is 3. The molecule has 2 heterocycles. The van der Waals surface area contributed by atoms with Gasteiger partial charge in [0, 0.05) is 29.7 Å². The summed E-state index contributed by atoms with van der Waals surface area (Å²) in [5, 5.41) is 3.01. The SMILES string of the molecule is CCc1cccc(C)c1NC(=O)c1ccnc(C(=O)N2CCc3ccccc32)c1. The van der Waals surface area contributed by atoms with E-state index in [0.29, 0.717) is 12.1 Å². The number of para-hydroxylation sites is 2. The highest BCUT2D eigenvalue weighted by Gasteiger charge is 2.26. The first-order chi connectivity index (χ1) is 14.1. The summed E-state index contributed by atoms with van der Waals surface area (Å²) in [6.07, 6.45) is 3.17. The first-order valence-electron chi connectivity index (χ1n) is 9.84. The van der Waals surface area contributed by atoms with Crippen molar-refractivity contribution in [3.05, 3.63) is 88.7 Å². The van der Waals surface area contributed by atoms with Gasteiger partial charge in [-0.05, 0) is 54.7 Å². The Hall–Kier alpha value is -3.47. The number of aryl methyl sites for hydroxylation is 2. The van der Waals surface area contributed by atoms with Gasteiger partial charge in [0.05, 0.1) is 0 Å². The highest BCUT2D eigenvalue weighted by molar-refractivity contribution is 6.09. The molecule has 1 N–H and O–H groups in total. The van der Waals surface area contributed by atoms with Gasteiger partial charge in [0.25, 0.3) is 11.8 Å². The number of pyridine rings is 1. The lowest BCUT2D eigenvalue weighted by Crippen LogP contribution is -2.30. The van der Waals surface area contributed by atoms with Crippen molar-refractivity contribution in [2.24, 2.45) is 0 Å². The summed E-state index contributed by atoms with van der Waals surface area (Å²) in [4.78, 5) is 31.9. The van der Waals surface area contributed by atoms with Crippen LogP contribution < -0.4 is 10.2 Å². The average Bonchev–Trinajstić information content (AvgIpc) is 3.19. The molecule has 3 aromatic rings. The second-order valence-electron chi connectivity index (χ2n) is 7.18. The predicted octanol–water partition coefficient (Wildman–Crippen LogP) is 4.41. The fourth-order valence-electron chi connectivity index (χ4n) is 3.76. The number of aromatic nitrogens is 1. The molecule has 0 radical (unpaired) electrons. The van der Waals surface area contributed by atoms with Crippen LogP contribution in [0.15, 0.2) is 60.8 Å². The molecule has 0 atom stereocenters. The molecule has 0 saturated carbocycles. The molecule has 146 valence electrons. The highest BCUT2D eigenvalue weighted by Crippen LogP contribution is 2.28. The molecule has 1 aliphatic rings. The van der Waals surface area contributed by atoms with Gasteiger partial charge in [-0.15, -0.1) is 0 Å². The fourth-order valence-corrected chi connectivity index (χ4v) is 3.76. The number of rotatable bonds is 4. The van der Waals surface area contributed by atoms with Crippen molar-refractivity contribution in [2.75, 3.05) is 16.8 Å². The van der Waals surface area contributed by atoms with Gasteiger partial charge in [-0.1, -0.05) is 43.3 Å². The minimum absolute atomic E-state index is 0.185. The van der Waals surface area contributed by atoms with Crippen molar-refractivity contribution in [3.8, 4) is 0 Å². The number of anilines is 2. The Morgan fingerprint density at radius 2 is 1.93 bits per heavy atom. The number of nitrogens with one attached hydrogen (secondary N) is 1. The number of nitrogens with zero attached hydrogens (tertiary/aromatic N) is 2. The Labute approximate surface area is 170 Å². The van der Waals surface area contributed by atoms with Crippen LogP contribution in [0.1, 0.15) is 44.5 Å². The van der Waals surface area contributed by atoms with E-state index in [-0.39, 0.29) is 17.5 Å². The largest absolute Gasteiger partial charge is 0.321 e. The molecule has 4 rings (SSSR count). The standard InChI is InChI=1S/C24H23N3O2/c1-3-17-9-6-7-16(2)22(17)26-23(28)19-11-13-25-20(15-19)24(29)27-14-12-18-8-4-5-10-21(18)27/h4-11,13,15H,3,12,14H2,1-2H3,(H,26,28). The quantitative estimate of drug-likeness (QED) is 0.724. The maximum Gasteiger partial charge on any atom is 0.276 e. The summed E-state index contributed by atoms with van der Waals surface area (Å²) >= 11 is 0. The molecule has 0 bridgehead atoms. The van der Waals surface area contributed by atoms with E-state index in [9.17, 15) is 9.59 Å². The molecule has 0 fully saturated rings. The molecular formula is C24H23N3O2. The Morgan fingerprint density at radius 1 is 1.10 bits per heavy atom. The van der Waals surface area contributed by atoms with Crippen LogP contribution in [0, 0.1) is 6.92 Å². The molecule has 5 heteroatoms. The second-order valence-corrected chi connectivity index (χ2v) is 7.18. The van der Waals surface area contributed by atoms with Gasteiger partial charge < -0.3 is 10.2 Å². The summed E-state index contributed by atoms with van der Waals surface area (Å²) in [5.41, 5.74) is 5.69. The third-order valence-electron chi connectivity index (χ3n) is 5.35. The zero-order chi connectivity index (χ0) is 20.4. The fraction of sp³-hybridized carbons (Fsp3) is 0.208. The number of fused-ring (bicyclic) bond motifs is 1. The smallest absolute Gasteiger partial charge is 0.276 e. The Balaban J connectivity index is 1.58. The lowest BCUT2D eigenvalue weighted by Gasteiger charge is -2.17. The molecule has 29 heavy (non-hydrogen) atoms. The molecule has 2 aromatic carbocycles. The van der Waals surface area contributed by atoms with E-state index < -0.39 is 0 Å². The van der Waals surface area contributed by atoms with Crippen LogP contribution in [0.5, 0.6) is 0 Å². The van der Waals surface area contributed by atoms with Crippen molar-refractivity contribution in [1.29, 1.82) is 0 Å². The van der Waals surface area contributed by atoms with E-state index in [1.807, 2.05) is 49.4 Å². The number of carbonyl (C=O) groups is 2. The molecule has 0 unspecified atom stereocenters. The topological polar surface area (TPSA) is 62.3 Å². The van der Waals surface area contributed by atoms with Crippen molar-refractivity contribution in [2.45, 2.75) is 26.7 Å². The minimum Gasteiger partial charge on any atom is -0.321 e. The average molecular weight is 385 g/mol. The molecule has 0 aliphatic carbocycles. The zero-order valence-electron chi connectivity index (χ0n) is 16.6. The number of hydrogen-bond donors (Lipinski definition) is 1. The summed E-state index contributed by atoms with van der Waals surface area (Å²) in [7, 11) is 0. The Kier molecular flexibility index (Phi) is 5.12. The molecule has 1 aromatic heterocycles. The third-order valence-corrected chi connectivity index (χ3v) is 5.35. The monoisotopic (exact) mass is 385 g/mol. The lowest BCUT2D eigenvalue weighted by atomic mass is 10.1. The molecule has 0 saturated heterocycles. The van der Waals surface area contributed by atoms with Crippen LogP contribution in [0.4, 0.5) is 11.4 Å². The first kappa shape index (κ1) is 18.9. The first-order valence-corrected chi connectivity index (χ1v) is 9.84. The van der Waals surface area contributed by atoms with E-state index in [0.717, 1.165) is 40.9 Å². The van der Waals surface area contributed by atoms with Gasteiger partial charge in [-0.3, -0.25) is 14.6 Å². The van der Waals surface area contributed by atoms with Gasteiger partial charge in [0.1, 0.15) is 5.69 Å². The highest BCUT2D eigenvalue weighted by atomic mass is 16.2. The van der Waals surface area contributed by atoms with Crippen molar-refractivity contribution < 1.29 is 9.59 Å². The number of amides is 2. The van der Waals surface area contributed by atoms with Crippen LogP contribution in [0.2, 0.25) is 0 Å². The third kappa shape index (κ3) is 3.63. The minimum atomic E-state index is -0.243. The summed E-state index contributed by atoms with van der Waals surface area (Å²) in [6.45, 7) is 4.65. The Bertz CT molecular complexity index is 1090. The molecule has 1 aliphatic heterocycles. The lowest BCUT2D eigenvalue weighted by molar-refractivity contribution is 0.0984. The van der Waals surface area contributed by atoms with Gasteiger partial charge in [-0.2, -0.15) is 0 Å². The van der Waals surface area contributed by atoms with Crippen molar-refractivity contribution in [3.63, 3.8) is 0 Å². The van der Waals surface area contributed by atoms with Crippen molar-refractivity contribution in [1.82, 2.24) is 4.98 Å². The van der Waals surface area contributed by atoms with Crippen LogP contribution in [-0.2, 0) is 12.8 Å². The zero-order valence-corrected chi connectivity index (χ0v) is 16.6. The van der Waals surface area contributed by atoms with E-state index in [1.54, 1.807) is 17.0 Å². The van der Waals surface area contributed by atoms with Crippen LogP contribution in [0.3, 0.4) is 0 Å². The number of benzene rings is 2. The predicted molar refractivity (Wildman–Crippen MR) is 115 cm³/mol. The molecular weight excluding hydrogens is 362 g/mol. The Morgan fingerprint density at radius 3 is 2.76 bits per heavy atom. The number of carbonyl (C=O) groups excluding carboxylic acids is 2. The normalized spacial score (nSPS) is 12.6. The van der Waals surface area contributed by atoms with E-state index >= 15 is 0 Å². The maximum absolute atomic E-state index is 13.0. The van der Waals surface area contributed by atoms with Crippen molar-refractivity contribution >= 4 is 23.2 Å². The molecule has 0 spiro atoms. The van der Waals surface area contributed by atoms with E-state index in [4.69, 9.17) is 0 Å². The van der Waals surface area contributed by atoms with Gasteiger partial charge in [0.2, 0.25) is 0 Å². The summed E-state index contributed by atoms with van der Waals surface area (Å²) in [5.74, 6) is -0.429. The van der Waals surface area contributed by atoms with Crippen LogP contribution >= 0.6 is 0 Å². The van der Waals surface area contributed by atoms with E-state index in [2.05, 4.69) is 17.2 Å². The maximum atomic E-state index is 13.0. The van der Waals surface area contributed by atoms with Gasteiger partial charge in [-0.25, -0.2) is 0 Å². The molecule has 5 nitrogen and oxygen atoms in total. The second kappa shape index (κ2) is 7.87. The van der Waals surface area contributed by atoms with Crippen LogP contribution in [0.25, 0.3) is 0 Å². The van der Waals surface area contributed by atoms with Crippen LogP contribution in [-0.4, -0.2) is 23.3 Å². The van der Waals surface area contributed by atoms with Gasteiger partial charge >= 0.3 is 0 Å². The summed E-state index contributed by atoms with van der Waals surface area (Å²) in [6, 6.07) is 17.1. The molecule has 2 amide bonds. The van der Waals surface area contributed by atoms with Gasteiger partial charge in [0.15, 0.2) is 0 Å². The summed E-state index contributed by atoms with van der Waals surface area (Å²) < 4.78 is 0. The van der Waals surface area contributed by atoms with E-state index in [1.165, 1.54) is 6.20 Å².